The molecular weight excluding hydrogens is 392 g/mol. The van der Waals surface area contributed by atoms with E-state index in [0.29, 0.717) is 22.0 Å². The van der Waals surface area contributed by atoms with E-state index >= 15 is 0 Å². The minimum Gasteiger partial charge on any atom is -0.497 e. The van der Waals surface area contributed by atoms with E-state index < -0.39 is 11.4 Å². The average Bonchev–Trinajstić information content (AvgIpc) is 3.14. The first-order chi connectivity index (χ1) is 14.1. The molecule has 0 atom stereocenters. The Morgan fingerprint density at radius 2 is 2.07 bits per heavy atom. The molecule has 0 aliphatic rings. The number of hydrogen-bond acceptors (Lipinski definition) is 7. The molecule has 0 saturated heterocycles. The normalized spacial score (nSPS) is 10.5. The summed E-state index contributed by atoms with van der Waals surface area (Å²) in [7, 11) is 1.55. The number of Topliss-reactive ketones (excluding diaryl/α,β-unsaturated/α-hetero) is 1. The van der Waals surface area contributed by atoms with E-state index in [9.17, 15) is 14.9 Å². The molecule has 0 radical (unpaired) electrons. The highest BCUT2D eigenvalue weighted by molar-refractivity contribution is 8.00. The summed E-state index contributed by atoms with van der Waals surface area (Å²) < 4.78 is 11.2. The number of nitrogens with zero attached hydrogens (tertiary/aromatic N) is 3. The maximum absolute atomic E-state index is 12.8. The number of nitriles is 1. The predicted molar refractivity (Wildman–Crippen MR) is 105 cm³/mol. The number of benzene rings is 1. The lowest BCUT2D eigenvalue weighted by Crippen LogP contribution is -2.41. The molecule has 1 aromatic carbocycles. The van der Waals surface area contributed by atoms with Gasteiger partial charge in [0.05, 0.1) is 18.4 Å². The summed E-state index contributed by atoms with van der Waals surface area (Å²) in [6.45, 7) is 2.04. The number of aromatic amines is 1. The Hall–Kier alpha value is -3.38. The second-order valence-electron chi connectivity index (χ2n) is 6.09. The van der Waals surface area contributed by atoms with Crippen LogP contribution in [0.5, 0.6) is 5.75 Å². The van der Waals surface area contributed by atoms with Crippen molar-refractivity contribution in [1.29, 1.82) is 5.26 Å². The van der Waals surface area contributed by atoms with Gasteiger partial charge in [-0.05, 0) is 40.6 Å². The molecule has 0 aliphatic heterocycles. The highest BCUT2D eigenvalue weighted by Gasteiger charge is 2.30. The fourth-order valence-corrected chi connectivity index (χ4v) is 3.55. The molecule has 0 saturated carbocycles. The van der Waals surface area contributed by atoms with Crippen molar-refractivity contribution in [3.8, 4) is 17.5 Å². The third-order valence-corrected chi connectivity index (χ3v) is 5.12. The highest BCUT2D eigenvalue weighted by atomic mass is 32.2. The van der Waals surface area contributed by atoms with Gasteiger partial charge in [-0.3, -0.25) is 9.32 Å². The number of aromatic nitrogens is 3. The van der Waals surface area contributed by atoms with Gasteiger partial charge in [0.2, 0.25) is 11.5 Å². The van der Waals surface area contributed by atoms with Gasteiger partial charge in [0, 0.05) is 17.8 Å². The van der Waals surface area contributed by atoms with Crippen LogP contribution in [0.15, 0.2) is 50.7 Å². The molecule has 1 N–H and O–H groups in total. The van der Waals surface area contributed by atoms with E-state index in [-0.39, 0.29) is 11.4 Å². The first-order valence-electron chi connectivity index (χ1n) is 8.91. The zero-order valence-corrected chi connectivity index (χ0v) is 16.8. The van der Waals surface area contributed by atoms with Crippen molar-refractivity contribution in [3.05, 3.63) is 63.8 Å². The summed E-state index contributed by atoms with van der Waals surface area (Å²) in [5.74, 6) is 0.147. The summed E-state index contributed by atoms with van der Waals surface area (Å²) in [6, 6.07) is 12.4. The number of H-pyrrole nitrogens is 1. The number of hydrogen-bond donors (Lipinski definition) is 1. The molecule has 0 spiro atoms. The number of aryl methyl sites for hydroxylation is 1. The van der Waals surface area contributed by atoms with Crippen molar-refractivity contribution in [2.24, 2.45) is 0 Å². The van der Waals surface area contributed by atoms with Crippen LogP contribution in [0.1, 0.15) is 35.1 Å². The maximum Gasteiger partial charge on any atom is 0.438 e. The molecule has 148 valence electrons. The van der Waals surface area contributed by atoms with E-state index in [1.807, 2.05) is 13.0 Å². The lowest BCUT2D eigenvalue weighted by Gasteiger charge is -2.04. The molecule has 9 heteroatoms. The van der Waals surface area contributed by atoms with Gasteiger partial charge in [0.25, 0.3) is 0 Å². The zero-order valence-electron chi connectivity index (χ0n) is 16.0. The molecule has 3 rings (SSSR count). The van der Waals surface area contributed by atoms with Gasteiger partial charge in [0.15, 0.2) is 0 Å². The van der Waals surface area contributed by atoms with E-state index in [1.165, 1.54) is 4.68 Å². The molecule has 0 amide bonds. The molecule has 2 aromatic heterocycles. The third-order valence-electron chi connectivity index (χ3n) is 4.13. The zero-order chi connectivity index (χ0) is 20.8. The van der Waals surface area contributed by atoms with Gasteiger partial charge in [-0.25, -0.2) is 9.78 Å². The van der Waals surface area contributed by atoms with Gasteiger partial charge >= 0.3 is 11.3 Å². The fourth-order valence-electron chi connectivity index (χ4n) is 2.70. The van der Waals surface area contributed by atoms with Crippen LogP contribution in [0, 0.1) is 11.3 Å². The maximum atomic E-state index is 12.8. The fraction of sp³-hybridized carbons (Fsp3) is 0.250. The second kappa shape index (κ2) is 9.21. The Morgan fingerprint density at radius 3 is 2.72 bits per heavy atom. The lowest BCUT2D eigenvalue weighted by molar-refractivity contribution is -0.672. The molecule has 8 nitrogen and oxygen atoms in total. The third kappa shape index (κ3) is 4.55. The number of ketones is 1. The quantitative estimate of drug-likeness (QED) is 0.344. The average molecular weight is 411 g/mol. The van der Waals surface area contributed by atoms with E-state index in [4.69, 9.17) is 9.26 Å². The summed E-state index contributed by atoms with van der Waals surface area (Å²) in [6.07, 6.45) is 1.71. The number of rotatable bonds is 8. The second-order valence-corrected chi connectivity index (χ2v) is 7.06. The number of ether oxygens (including phenoxy) is 1. The van der Waals surface area contributed by atoms with Crippen LogP contribution >= 0.6 is 11.8 Å². The molecular formula is C20H19N4O4S+. The Bertz CT molecular complexity index is 1110. The van der Waals surface area contributed by atoms with Crippen LogP contribution in [0.2, 0.25) is 0 Å². The van der Waals surface area contributed by atoms with Crippen molar-refractivity contribution in [2.75, 3.05) is 12.9 Å². The van der Waals surface area contributed by atoms with Gasteiger partial charge in [-0.15, -0.1) is 0 Å². The largest absolute Gasteiger partial charge is 0.497 e. The molecule has 0 aliphatic carbocycles. The number of pyridine rings is 1. The Labute approximate surface area is 171 Å². The van der Waals surface area contributed by atoms with Crippen molar-refractivity contribution >= 4 is 17.5 Å². The predicted octanol–water partition coefficient (Wildman–Crippen LogP) is 2.45. The summed E-state index contributed by atoms with van der Waals surface area (Å²) in [5.41, 5.74) is 0.902. The molecule has 0 unspecified atom stereocenters. The van der Waals surface area contributed by atoms with Crippen molar-refractivity contribution < 1.29 is 18.7 Å². The highest BCUT2D eigenvalue weighted by Crippen LogP contribution is 2.22. The van der Waals surface area contributed by atoms with Gasteiger partial charge < -0.3 is 4.74 Å². The minimum absolute atomic E-state index is 0.0595. The number of carbonyl (C=O) groups is 1. The molecule has 0 fully saturated rings. The number of methoxy groups -OCH3 is 1. The SMILES string of the molecule is CCCc1ccc(C#N)c(SCC(=O)c2c(=O)o[nH][n+]2-c2ccc(OC)cc2)n1. The number of thioether (sulfide) groups is 1. The van der Waals surface area contributed by atoms with Crippen molar-refractivity contribution in [1.82, 2.24) is 10.3 Å². The molecule has 0 bridgehead atoms. The first-order valence-corrected chi connectivity index (χ1v) is 9.90. The van der Waals surface area contributed by atoms with E-state index in [2.05, 4.69) is 16.3 Å². The van der Waals surface area contributed by atoms with Gasteiger partial charge in [-0.1, -0.05) is 25.1 Å². The van der Waals surface area contributed by atoms with Crippen LogP contribution < -0.4 is 15.0 Å². The smallest absolute Gasteiger partial charge is 0.438 e. The van der Waals surface area contributed by atoms with E-state index in [0.717, 1.165) is 30.3 Å². The Morgan fingerprint density at radius 1 is 1.31 bits per heavy atom. The standard InChI is InChI=1S/C20H18N4O4S/c1-3-4-14-6-5-13(11-21)19(22-14)29-12-17(25)18-20(26)28-23-24(18)15-7-9-16(27-2)10-8-15/h5-10H,3-4,12H2,1-2H3/p+1. The first kappa shape index (κ1) is 20.4. The van der Waals surface area contributed by atoms with Gasteiger partial charge in [0.1, 0.15) is 16.8 Å². The Kier molecular flexibility index (Phi) is 6.46. The topological polar surface area (TPSA) is 113 Å². The summed E-state index contributed by atoms with van der Waals surface area (Å²) >= 11 is 1.13. The number of nitrogens with one attached hydrogen (secondary N) is 1. The van der Waals surface area contributed by atoms with Gasteiger partial charge in [-0.2, -0.15) is 5.26 Å². The summed E-state index contributed by atoms with van der Waals surface area (Å²) in [4.78, 5) is 29.3. The summed E-state index contributed by atoms with van der Waals surface area (Å²) in [5, 5.41) is 12.2. The Balaban J connectivity index is 1.84. The van der Waals surface area contributed by atoms with Crippen LogP contribution in [-0.2, 0) is 6.42 Å². The molecule has 3 aromatic rings. The van der Waals surface area contributed by atoms with Crippen LogP contribution in [0.4, 0.5) is 0 Å². The van der Waals surface area contributed by atoms with Crippen molar-refractivity contribution in [3.63, 3.8) is 0 Å². The van der Waals surface area contributed by atoms with Crippen LogP contribution in [0.3, 0.4) is 0 Å². The van der Waals surface area contributed by atoms with Crippen LogP contribution in [0.25, 0.3) is 5.69 Å². The molecule has 2 heterocycles. The molecule has 29 heavy (non-hydrogen) atoms. The lowest BCUT2D eigenvalue weighted by atomic mass is 10.2. The van der Waals surface area contributed by atoms with Crippen LogP contribution in [-0.4, -0.2) is 28.9 Å². The minimum atomic E-state index is -0.764. The van der Waals surface area contributed by atoms with Crippen molar-refractivity contribution in [2.45, 2.75) is 24.8 Å². The number of carbonyl (C=O) groups excluding carboxylic acids is 1. The monoisotopic (exact) mass is 411 g/mol. The van der Waals surface area contributed by atoms with E-state index in [1.54, 1.807) is 37.4 Å².